The molecule has 0 aliphatic carbocycles. The zero-order valence-corrected chi connectivity index (χ0v) is 18.2. The lowest BCUT2D eigenvalue weighted by Gasteiger charge is -2.32. The van der Waals surface area contributed by atoms with Gasteiger partial charge in [0.05, 0.1) is 11.2 Å². The molecule has 0 aromatic heterocycles. The summed E-state index contributed by atoms with van der Waals surface area (Å²) in [6.45, 7) is 9.77. The average molecular weight is 405 g/mol. The maximum Gasteiger partial charge on any atom is 0.492 e. The fourth-order valence-electron chi connectivity index (χ4n) is 3.12. The van der Waals surface area contributed by atoms with E-state index in [4.69, 9.17) is 9.31 Å². The minimum atomic E-state index is -0.563. The molecule has 0 atom stereocenters. The predicted octanol–water partition coefficient (Wildman–Crippen LogP) is 4.07. The zero-order chi connectivity index (χ0) is 21.9. The van der Waals surface area contributed by atoms with E-state index in [1.54, 1.807) is 24.3 Å². The van der Waals surface area contributed by atoms with E-state index in [2.05, 4.69) is 5.32 Å². The van der Waals surface area contributed by atoms with Gasteiger partial charge in [-0.05, 0) is 38.7 Å². The molecule has 30 heavy (non-hydrogen) atoms. The first-order valence-electron chi connectivity index (χ1n) is 10.1. The smallest absolute Gasteiger partial charge is 0.400 e. The quantitative estimate of drug-likeness (QED) is 0.581. The second kappa shape index (κ2) is 8.58. The number of nitrogens with one attached hydrogen (secondary N) is 1. The second-order valence-corrected chi connectivity index (χ2v) is 8.53. The molecule has 2 aromatic carbocycles. The summed E-state index contributed by atoms with van der Waals surface area (Å²) < 4.78 is 12.3. The first-order chi connectivity index (χ1) is 14.1. The van der Waals surface area contributed by atoms with Gasteiger partial charge in [0, 0.05) is 24.6 Å². The summed E-state index contributed by atoms with van der Waals surface area (Å²) in [6, 6.07) is 16.6. The fraction of sp³-hybridized carbons (Fsp3) is 0.333. The third-order valence-corrected chi connectivity index (χ3v) is 5.66. The van der Waals surface area contributed by atoms with Crippen LogP contribution in [0.15, 0.2) is 60.1 Å². The number of benzene rings is 2. The van der Waals surface area contributed by atoms with Crippen molar-refractivity contribution in [1.29, 1.82) is 0 Å². The Morgan fingerprint density at radius 3 is 1.97 bits per heavy atom. The van der Waals surface area contributed by atoms with E-state index >= 15 is 0 Å². The van der Waals surface area contributed by atoms with E-state index < -0.39 is 18.3 Å². The second-order valence-electron chi connectivity index (χ2n) is 8.53. The molecule has 0 saturated carbocycles. The van der Waals surface area contributed by atoms with Crippen molar-refractivity contribution in [1.82, 2.24) is 5.32 Å². The van der Waals surface area contributed by atoms with Crippen molar-refractivity contribution >= 4 is 24.9 Å². The molecular formula is C24H28BNO4. The van der Waals surface area contributed by atoms with Crippen molar-refractivity contribution in [2.45, 2.75) is 45.8 Å². The van der Waals surface area contributed by atoms with Crippen LogP contribution in [0, 0.1) is 0 Å². The molecule has 1 amide bonds. The lowest BCUT2D eigenvalue weighted by atomic mass is 9.77. The summed E-state index contributed by atoms with van der Waals surface area (Å²) >= 11 is 0. The van der Waals surface area contributed by atoms with Crippen LogP contribution in [-0.4, -0.2) is 36.6 Å². The van der Waals surface area contributed by atoms with Crippen molar-refractivity contribution in [3.05, 3.63) is 76.8 Å². The molecule has 1 N–H and O–H groups in total. The average Bonchev–Trinajstić information content (AvgIpc) is 2.92. The highest BCUT2D eigenvalue weighted by Crippen LogP contribution is 2.38. The molecule has 6 heteroatoms. The topological polar surface area (TPSA) is 64.6 Å². The Bertz CT molecular complexity index is 933. The summed E-state index contributed by atoms with van der Waals surface area (Å²) in [5, 5.41) is 2.83. The van der Waals surface area contributed by atoms with Crippen LogP contribution in [0.5, 0.6) is 0 Å². The van der Waals surface area contributed by atoms with Crippen LogP contribution in [0.3, 0.4) is 0 Å². The maximum absolute atomic E-state index is 12.6. The summed E-state index contributed by atoms with van der Waals surface area (Å²) in [7, 11) is -0.563. The van der Waals surface area contributed by atoms with Crippen LogP contribution in [0.25, 0.3) is 6.08 Å². The summed E-state index contributed by atoms with van der Waals surface area (Å²) in [4.78, 5) is 24.1. The first-order valence-corrected chi connectivity index (χ1v) is 10.1. The Hall–Kier alpha value is -2.70. The zero-order valence-electron chi connectivity index (χ0n) is 18.2. The van der Waals surface area contributed by atoms with Gasteiger partial charge in [-0.15, -0.1) is 0 Å². The molecule has 0 bridgehead atoms. The monoisotopic (exact) mass is 405 g/mol. The van der Waals surface area contributed by atoms with E-state index in [1.807, 2.05) is 64.1 Å². The summed E-state index contributed by atoms with van der Waals surface area (Å²) in [6.07, 6.45) is 1.94. The van der Waals surface area contributed by atoms with Crippen molar-refractivity contribution in [2.75, 3.05) is 6.54 Å². The number of carbonyl (C=O) groups excluding carboxylic acids is 2. The van der Waals surface area contributed by atoms with Crippen molar-refractivity contribution in [3.8, 4) is 0 Å². The van der Waals surface area contributed by atoms with E-state index in [1.165, 1.54) is 6.92 Å². The van der Waals surface area contributed by atoms with E-state index in [0.29, 0.717) is 17.7 Å². The molecular weight excluding hydrogens is 377 g/mol. The highest BCUT2D eigenvalue weighted by atomic mass is 16.7. The molecule has 1 aliphatic heterocycles. The van der Waals surface area contributed by atoms with Crippen LogP contribution in [0.1, 0.15) is 56.1 Å². The Morgan fingerprint density at radius 2 is 1.43 bits per heavy atom. The van der Waals surface area contributed by atoms with Crippen LogP contribution < -0.4 is 5.32 Å². The number of hydrogen-bond donors (Lipinski definition) is 1. The number of rotatable bonds is 6. The third kappa shape index (κ3) is 4.89. The minimum Gasteiger partial charge on any atom is -0.400 e. The number of hydrogen-bond acceptors (Lipinski definition) is 4. The largest absolute Gasteiger partial charge is 0.492 e. The van der Waals surface area contributed by atoms with Gasteiger partial charge >= 0.3 is 7.12 Å². The van der Waals surface area contributed by atoms with Crippen molar-refractivity contribution in [2.24, 2.45) is 0 Å². The third-order valence-electron chi connectivity index (χ3n) is 5.66. The van der Waals surface area contributed by atoms with Gasteiger partial charge < -0.3 is 14.6 Å². The molecule has 0 unspecified atom stereocenters. The van der Waals surface area contributed by atoms with Gasteiger partial charge in [-0.1, -0.05) is 60.7 Å². The SMILES string of the molecule is CC(=O)NCC(=Cc1ccc(C(=O)c2ccccc2)cc1)B1OC(C)(C)C(C)(C)O1. The Labute approximate surface area is 178 Å². The molecule has 1 saturated heterocycles. The molecule has 1 aliphatic rings. The van der Waals surface area contributed by atoms with E-state index in [-0.39, 0.29) is 11.7 Å². The van der Waals surface area contributed by atoms with E-state index in [0.717, 1.165) is 11.0 Å². The van der Waals surface area contributed by atoms with Gasteiger partial charge in [0.2, 0.25) is 5.91 Å². The standard InChI is InChI=1S/C24H28BNO4/c1-17(27)26-16-21(25-29-23(2,3)24(4,5)30-25)15-18-11-13-20(14-12-18)22(28)19-9-7-6-8-10-19/h6-15H,16H2,1-5H3,(H,26,27). The normalized spacial score (nSPS) is 17.6. The molecule has 3 rings (SSSR count). The number of carbonyl (C=O) groups is 2. The van der Waals surface area contributed by atoms with Crippen LogP contribution in [0.4, 0.5) is 0 Å². The van der Waals surface area contributed by atoms with Crippen LogP contribution in [-0.2, 0) is 14.1 Å². The molecule has 156 valence electrons. The molecule has 0 radical (unpaired) electrons. The van der Waals surface area contributed by atoms with Gasteiger partial charge in [0.25, 0.3) is 0 Å². The fourth-order valence-corrected chi connectivity index (χ4v) is 3.12. The Kier molecular flexibility index (Phi) is 6.29. The Balaban J connectivity index is 1.84. The van der Waals surface area contributed by atoms with Gasteiger partial charge in [-0.3, -0.25) is 9.59 Å². The highest BCUT2D eigenvalue weighted by molar-refractivity contribution is 6.56. The van der Waals surface area contributed by atoms with Crippen LogP contribution in [0.2, 0.25) is 0 Å². The van der Waals surface area contributed by atoms with Gasteiger partial charge in [-0.2, -0.15) is 0 Å². The maximum atomic E-state index is 12.6. The van der Waals surface area contributed by atoms with Crippen molar-refractivity contribution < 1.29 is 18.9 Å². The molecule has 2 aromatic rings. The lowest BCUT2D eigenvalue weighted by Crippen LogP contribution is -2.41. The number of ketones is 1. The highest BCUT2D eigenvalue weighted by Gasteiger charge is 2.52. The molecule has 1 fully saturated rings. The summed E-state index contributed by atoms with van der Waals surface area (Å²) in [5.74, 6) is -0.142. The molecule has 1 heterocycles. The van der Waals surface area contributed by atoms with E-state index in [9.17, 15) is 9.59 Å². The van der Waals surface area contributed by atoms with Crippen LogP contribution >= 0.6 is 0 Å². The lowest BCUT2D eigenvalue weighted by molar-refractivity contribution is -0.118. The first kappa shape index (κ1) is 22.0. The van der Waals surface area contributed by atoms with Gasteiger partial charge in [0.15, 0.2) is 5.78 Å². The van der Waals surface area contributed by atoms with Gasteiger partial charge in [-0.25, -0.2) is 0 Å². The minimum absolute atomic E-state index is 0.0180. The van der Waals surface area contributed by atoms with Gasteiger partial charge in [0.1, 0.15) is 0 Å². The summed E-state index contributed by atoms with van der Waals surface area (Å²) in [5.41, 5.74) is 2.04. The molecule has 0 spiro atoms. The predicted molar refractivity (Wildman–Crippen MR) is 119 cm³/mol. The number of amides is 1. The molecule has 5 nitrogen and oxygen atoms in total. The van der Waals surface area contributed by atoms with Crippen molar-refractivity contribution in [3.63, 3.8) is 0 Å². The Morgan fingerprint density at radius 1 is 0.900 bits per heavy atom.